The number of anilines is 3. The van der Waals surface area contributed by atoms with E-state index in [2.05, 4.69) is 10.6 Å². The highest BCUT2D eigenvalue weighted by Crippen LogP contribution is 2.36. The molecular formula is C23H25N3O3. The van der Waals surface area contributed by atoms with Crippen LogP contribution >= 0.6 is 0 Å². The zero-order chi connectivity index (χ0) is 20.5. The summed E-state index contributed by atoms with van der Waals surface area (Å²) in [4.78, 5) is 39.1. The molecule has 1 aliphatic carbocycles. The third-order valence-corrected chi connectivity index (χ3v) is 5.34. The van der Waals surface area contributed by atoms with Crippen molar-refractivity contribution >= 4 is 34.8 Å². The third kappa shape index (κ3) is 4.31. The van der Waals surface area contributed by atoms with Gasteiger partial charge in [-0.1, -0.05) is 12.1 Å². The standard InChI is InChI=1S/C23H25N3O3/c1-14-10-15(2)12-19(11-14)25-22(28)21(27)24-18-8-7-16-4-3-9-26(20(16)13-18)23(29)17-5-6-17/h7-8,10-13,17H,3-6,9H2,1-2H3,(H,24,27)(H,25,28). The van der Waals surface area contributed by atoms with E-state index in [1.54, 1.807) is 12.1 Å². The molecule has 1 fully saturated rings. The number of nitrogens with one attached hydrogen (secondary N) is 2. The lowest BCUT2D eigenvalue weighted by molar-refractivity contribution is -0.132. The number of rotatable bonds is 3. The van der Waals surface area contributed by atoms with Crippen LogP contribution in [0, 0.1) is 19.8 Å². The maximum absolute atomic E-state index is 12.6. The van der Waals surface area contributed by atoms with E-state index < -0.39 is 11.8 Å². The van der Waals surface area contributed by atoms with Crippen molar-refractivity contribution in [3.63, 3.8) is 0 Å². The first kappa shape index (κ1) is 19.2. The fourth-order valence-electron chi connectivity index (χ4n) is 3.85. The summed E-state index contributed by atoms with van der Waals surface area (Å²) < 4.78 is 0. The highest BCUT2D eigenvalue weighted by Gasteiger charge is 2.35. The molecule has 3 amide bonds. The molecule has 29 heavy (non-hydrogen) atoms. The predicted molar refractivity (Wildman–Crippen MR) is 113 cm³/mol. The van der Waals surface area contributed by atoms with E-state index in [4.69, 9.17) is 0 Å². The Hall–Kier alpha value is -3.15. The number of hydrogen-bond donors (Lipinski definition) is 2. The van der Waals surface area contributed by atoms with Gasteiger partial charge in [-0.3, -0.25) is 14.4 Å². The minimum Gasteiger partial charge on any atom is -0.318 e. The van der Waals surface area contributed by atoms with Crippen molar-refractivity contribution in [1.29, 1.82) is 0 Å². The monoisotopic (exact) mass is 391 g/mol. The van der Waals surface area contributed by atoms with E-state index in [0.717, 1.165) is 48.1 Å². The molecule has 2 aromatic carbocycles. The van der Waals surface area contributed by atoms with Crippen LogP contribution in [0.5, 0.6) is 0 Å². The minimum atomic E-state index is -0.736. The second kappa shape index (κ2) is 7.70. The van der Waals surface area contributed by atoms with Crippen LogP contribution < -0.4 is 15.5 Å². The molecule has 2 aliphatic rings. The number of aryl methyl sites for hydroxylation is 3. The molecule has 1 aliphatic heterocycles. The molecule has 0 unspecified atom stereocenters. The molecule has 6 heteroatoms. The van der Waals surface area contributed by atoms with E-state index >= 15 is 0 Å². The Labute approximate surface area is 170 Å². The molecule has 0 bridgehead atoms. The lowest BCUT2D eigenvalue weighted by atomic mass is 10.0. The number of benzene rings is 2. The molecule has 6 nitrogen and oxygen atoms in total. The molecule has 2 N–H and O–H groups in total. The van der Waals surface area contributed by atoms with Gasteiger partial charge in [0.15, 0.2) is 0 Å². The fraction of sp³-hybridized carbons (Fsp3) is 0.348. The average molecular weight is 391 g/mol. The molecule has 0 aromatic heterocycles. The Morgan fingerprint density at radius 2 is 1.55 bits per heavy atom. The molecule has 0 radical (unpaired) electrons. The van der Waals surface area contributed by atoms with E-state index in [1.807, 2.05) is 43.0 Å². The topological polar surface area (TPSA) is 78.5 Å². The second-order valence-electron chi connectivity index (χ2n) is 8.00. The van der Waals surface area contributed by atoms with Gasteiger partial charge in [0.2, 0.25) is 5.91 Å². The lowest BCUT2D eigenvalue weighted by Crippen LogP contribution is -2.36. The van der Waals surface area contributed by atoms with Crippen molar-refractivity contribution in [1.82, 2.24) is 0 Å². The van der Waals surface area contributed by atoms with Crippen molar-refractivity contribution in [2.24, 2.45) is 5.92 Å². The maximum Gasteiger partial charge on any atom is 0.314 e. The molecular weight excluding hydrogens is 366 g/mol. The summed E-state index contributed by atoms with van der Waals surface area (Å²) >= 11 is 0. The summed E-state index contributed by atoms with van der Waals surface area (Å²) in [5.74, 6) is -1.15. The molecule has 0 saturated heterocycles. The van der Waals surface area contributed by atoms with Crippen LogP contribution in [0.15, 0.2) is 36.4 Å². The number of nitrogens with zero attached hydrogens (tertiary/aromatic N) is 1. The van der Waals surface area contributed by atoms with Crippen LogP contribution in [0.1, 0.15) is 36.0 Å². The normalized spacial score (nSPS) is 15.4. The zero-order valence-electron chi connectivity index (χ0n) is 16.7. The van der Waals surface area contributed by atoms with Gasteiger partial charge in [0.05, 0.1) is 0 Å². The highest BCUT2D eigenvalue weighted by molar-refractivity contribution is 6.43. The summed E-state index contributed by atoms with van der Waals surface area (Å²) in [5, 5.41) is 5.30. The van der Waals surface area contributed by atoms with Crippen molar-refractivity contribution in [2.45, 2.75) is 39.5 Å². The summed E-state index contributed by atoms with van der Waals surface area (Å²) in [5.41, 5.74) is 5.07. The Bertz CT molecular complexity index is 975. The largest absolute Gasteiger partial charge is 0.318 e. The summed E-state index contributed by atoms with van der Waals surface area (Å²) in [6, 6.07) is 11.1. The molecule has 0 atom stereocenters. The van der Waals surface area contributed by atoms with Crippen LogP contribution in [0.4, 0.5) is 17.1 Å². The van der Waals surface area contributed by atoms with Crippen LogP contribution in [0.2, 0.25) is 0 Å². The van der Waals surface area contributed by atoms with Gasteiger partial charge in [0.1, 0.15) is 0 Å². The SMILES string of the molecule is Cc1cc(C)cc(NC(=O)C(=O)Nc2ccc3c(c2)N(C(=O)C2CC2)CCC3)c1. The Kier molecular flexibility index (Phi) is 5.09. The highest BCUT2D eigenvalue weighted by atomic mass is 16.2. The zero-order valence-corrected chi connectivity index (χ0v) is 16.7. The smallest absolute Gasteiger partial charge is 0.314 e. The number of amides is 3. The summed E-state index contributed by atoms with van der Waals surface area (Å²) in [6.07, 6.45) is 3.76. The van der Waals surface area contributed by atoms with E-state index in [9.17, 15) is 14.4 Å². The number of hydrogen-bond acceptors (Lipinski definition) is 3. The van der Waals surface area contributed by atoms with Gasteiger partial charge in [-0.2, -0.15) is 0 Å². The molecule has 1 saturated carbocycles. The van der Waals surface area contributed by atoms with Crippen molar-refractivity contribution in [2.75, 3.05) is 22.1 Å². The number of carbonyl (C=O) groups excluding carboxylic acids is 3. The van der Waals surface area contributed by atoms with Gasteiger partial charge >= 0.3 is 11.8 Å². The van der Waals surface area contributed by atoms with Gasteiger partial charge in [0, 0.05) is 29.5 Å². The molecule has 1 heterocycles. The molecule has 0 spiro atoms. The van der Waals surface area contributed by atoms with E-state index in [-0.39, 0.29) is 11.8 Å². The van der Waals surface area contributed by atoms with Gasteiger partial charge in [-0.15, -0.1) is 0 Å². The first-order valence-corrected chi connectivity index (χ1v) is 10.1. The van der Waals surface area contributed by atoms with Gasteiger partial charge in [-0.05, 0) is 80.5 Å². The Morgan fingerprint density at radius 1 is 0.897 bits per heavy atom. The number of carbonyl (C=O) groups is 3. The maximum atomic E-state index is 12.6. The van der Waals surface area contributed by atoms with Gasteiger partial charge < -0.3 is 15.5 Å². The lowest BCUT2D eigenvalue weighted by Gasteiger charge is -2.30. The van der Waals surface area contributed by atoms with E-state index in [0.29, 0.717) is 17.9 Å². The van der Waals surface area contributed by atoms with E-state index in [1.165, 1.54) is 0 Å². The third-order valence-electron chi connectivity index (χ3n) is 5.34. The van der Waals surface area contributed by atoms with Crippen molar-refractivity contribution < 1.29 is 14.4 Å². The van der Waals surface area contributed by atoms with Crippen molar-refractivity contribution in [3.05, 3.63) is 53.1 Å². The first-order chi connectivity index (χ1) is 13.9. The average Bonchev–Trinajstić information content (AvgIpc) is 3.51. The van der Waals surface area contributed by atoms with Crippen molar-refractivity contribution in [3.8, 4) is 0 Å². The molecule has 2 aromatic rings. The summed E-state index contributed by atoms with van der Waals surface area (Å²) in [6.45, 7) is 4.57. The van der Waals surface area contributed by atoms with Crippen LogP contribution in [0.3, 0.4) is 0 Å². The first-order valence-electron chi connectivity index (χ1n) is 10.1. The van der Waals surface area contributed by atoms with Gasteiger partial charge in [-0.25, -0.2) is 0 Å². The molecule has 4 rings (SSSR count). The fourth-order valence-corrected chi connectivity index (χ4v) is 3.85. The predicted octanol–water partition coefficient (Wildman–Crippen LogP) is 3.57. The van der Waals surface area contributed by atoms with Gasteiger partial charge in [0.25, 0.3) is 0 Å². The number of fused-ring (bicyclic) bond motifs is 1. The second-order valence-corrected chi connectivity index (χ2v) is 8.00. The minimum absolute atomic E-state index is 0.141. The Morgan fingerprint density at radius 3 is 2.21 bits per heavy atom. The summed E-state index contributed by atoms with van der Waals surface area (Å²) in [7, 11) is 0. The Balaban J connectivity index is 1.47. The van der Waals surface area contributed by atoms with Crippen LogP contribution in [-0.2, 0) is 20.8 Å². The molecule has 150 valence electrons. The van der Waals surface area contributed by atoms with Crippen LogP contribution in [0.25, 0.3) is 0 Å². The van der Waals surface area contributed by atoms with Crippen LogP contribution in [-0.4, -0.2) is 24.3 Å². The quantitative estimate of drug-likeness (QED) is 0.785.